The third-order valence-electron chi connectivity index (χ3n) is 3.73. The van der Waals surface area contributed by atoms with Gasteiger partial charge in [-0.05, 0) is 49.2 Å². The number of anilines is 1. The van der Waals surface area contributed by atoms with E-state index in [9.17, 15) is 19.7 Å². The number of hydrogen-bond acceptors (Lipinski definition) is 6. The molecule has 0 aliphatic rings. The van der Waals surface area contributed by atoms with Crippen molar-refractivity contribution in [1.29, 1.82) is 0 Å². The molecule has 0 unspecified atom stereocenters. The number of nitrogens with one attached hydrogen (secondary N) is 1. The Labute approximate surface area is 149 Å². The number of methoxy groups -OCH3 is 1. The fraction of sp³-hybridized carbons (Fsp3) is 0.222. The van der Waals surface area contributed by atoms with Gasteiger partial charge < -0.3 is 14.8 Å². The number of aryl methyl sites for hydroxylation is 2. The Morgan fingerprint density at radius 2 is 1.85 bits per heavy atom. The van der Waals surface area contributed by atoms with Crippen molar-refractivity contribution in [1.82, 2.24) is 0 Å². The Bertz CT molecular complexity index is 863. The number of ether oxygens (including phenoxy) is 2. The van der Waals surface area contributed by atoms with Gasteiger partial charge in [0.2, 0.25) is 0 Å². The summed E-state index contributed by atoms with van der Waals surface area (Å²) in [5.41, 5.74) is 2.33. The van der Waals surface area contributed by atoms with E-state index in [4.69, 9.17) is 4.74 Å². The van der Waals surface area contributed by atoms with Crippen LogP contribution in [0.3, 0.4) is 0 Å². The molecule has 2 aromatic rings. The fourth-order valence-corrected chi connectivity index (χ4v) is 2.19. The van der Waals surface area contributed by atoms with E-state index in [2.05, 4.69) is 10.1 Å². The molecular weight excluding hydrogens is 340 g/mol. The minimum Gasteiger partial charge on any atom is -0.477 e. The van der Waals surface area contributed by atoms with Crippen LogP contribution in [0.2, 0.25) is 0 Å². The number of nitro groups is 1. The van der Waals surface area contributed by atoms with Crippen LogP contribution in [0.15, 0.2) is 36.4 Å². The highest BCUT2D eigenvalue weighted by molar-refractivity contribution is 5.92. The molecule has 8 heteroatoms. The van der Waals surface area contributed by atoms with E-state index in [0.717, 1.165) is 17.2 Å². The van der Waals surface area contributed by atoms with Gasteiger partial charge >= 0.3 is 11.7 Å². The Morgan fingerprint density at radius 1 is 1.12 bits per heavy atom. The van der Waals surface area contributed by atoms with Crippen LogP contribution in [0.1, 0.15) is 21.5 Å². The number of nitro benzene ring substituents is 1. The predicted octanol–water partition coefficient (Wildman–Crippen LogP) is 3.02. The molecule has 26 heavy (non-hydrogen) atoms. The molecule has 0 saturated carbocycles. The Morgan fingerprint density at radius 3 is 2.46 bits per heavy atom. The van der Waals surface area contributed by atoms with E-state index in [0.29, 0.717) is 5.69 Å². The molecule has 0 aliphatic carbocycles. The number of esters is 1. The molecule has 0 saturated heterocycles. The van der Waals surface area contributed by atoms with Gasteiger partial charge in [-0.2, -0.15) is 0 Å². The monoisotopic (exact) mass is 358 g/mol. The molecule has 0 aliphatic heterocycles. The predicted molar refractivity (Wildman–Crippen MR) is 94.5 cm³/mol. The highest BCUT2D eigenvalue weighted by Crippen LogP contribution is 2.28. The summed E-state index contributed by atoms with van der Waals surface area (Å²) in [6.07, 6.45) is 0. The van der Waals surface area contributed by atoms with E-state index >= 15 is 0 Å². The molecule has 0 fully saturated rings. The molecular formula is C18H18N2O6. The van der Waals surface area contributed by atoms with Crippen LogP contribution in [0.5, 0.6) is 5.75 Å². The van der Waals surface area contributed by atoms with Crippen molar-refractivity contribution in [2.75, 3.05) is 19.0 Å². The number of carbonyl (C=O) groups excluding carboxylic acids is 2. The van der Waals surface area contributed by atoms with Gasteiger partial charge in [-0.3, -0.25) is 14.9 Å². The molecule has 0 radical (unpaired) electrons. The van der Waals surface area contributed by atoms with Crippen LogP contribution in [0.4, 0.5) is 11.4 Å². The number of carbonyl (C=O) groups is 2. The third-order valence-corrected chi connectivity index (χ3v) is 3.73. The smallest absolute Gasteiger partial charge is 0.338 e. The molecule has 0 spiro atoms. The van der Waals surface area contributed by atoms with Gasteiger partial charge in [0.05, 0.1) is 17.6 Å². The summed E-state index contributed by atoms with van der Waals surface area (Å²) in [7, 11) is 1.18. The summed E-state index contributed by atoms with van der Waals surface area (Å²) in [6, 6.07) is 9.09. The van der Waals surface area contributed by atoms with Gasteiger partial charge in [0.25, 0.3) is 5.91 Å². The maximum Gasteiger partial charge on any atom is 0.338 e. The van der Waals surface area contributed by atoms with Crippen molar-refractivity contribution >= 4 is 23.3 Å². The third kappa shape index (κ3) is 4.56. The van der Waals surface area contributed by atoms with Gasteiger partial charge in [-0.25, -0.2) is 4.79 Å². The second-order valence-corrected chi connectivity index (χ2v) is 5.57. The molecule has 136 valence electrons. The first-order valence-corrected chi connectivity index (χ1v) is 7.68. The number of hydrogen-bond donors (Lipinski definition) is 1. The van der Waals surface area contributed by atoms with E-state index in [1.807, 2.05) is 26.0 Å². The first-order chi connectivity index (χ1) is 12.3. The van der Waals surface area contributed by atoms with E-state index < -0.39 is 29.1 Å². The first kappa shape index (κ1) is 18.9. The van der Waals surface area contributed by atoms with E-state index in [1.165, 1.54) is 19.2 Å². The quantitative estimate of drug-likeness (QED) is 0.483. The molecule has 0 aromatic heterocycles. The lowest BCUT2D eigenvalue weighted by Crippen LogP contribution is -2.20. The van der Waals surface area contributed by atoms with Crippen molar-refractivity contribution < 1.29 is 24.0 Å². The summed E-state index contributed by atoms with van der Waals surface area (Å²) in [4.78, 5) is 33.9. The number of benzene rings is 2. The minimum absolute atomic E-state index is 0.0196. The van der Waals surface area contributed by atoms with Crippen molar-refractivity contribution in [2.45, 2.75) is 13.8 Å². The SMILES string of the molecule is COC(=O)c1ccc(OCC(=O)Nc2ccc(C)c(C)c2)c([N+](=O)[O-])c1. The lowest BCUT2D eigenvalue weighted by Gasteiger charge is -2.10. The van der Waals surface area contributed by atoms with Crippen molar-refractivity contribution in [3.63, 3.8) is 0 Å². The lowest BCUT2D eigenvalue weighted by molar-refractivity contribution is -0.385. The van der Waals surface area contributed by atoms with Crippen LogP contribution in [0, 0.1) is 24.0 Å². The maximum absolute atomic E-state index is 12.0. The molecule has 0 atom stereocenters. The summed E-state index contributed by atoms with van der Waals surface area (Å²) in [5.74, 6) is -1.27. The topological polar surface area (TPSA) is 108 Å². The molecule has 2 rings (SSSR count). The van der Waals surface area contributed by atoms with Crippen molar-refractivity contribution in [2.24, 2.45) is 0 Å². The standard InChI is InChI=1S/C18H18N2O6/c1-11-4-6-14(8-12(11)2)19-17(21)10-26-16-7-5-13(18(22)25-3)9-15(16)20(23)24/h4-9H,10H2,1-3H3,(H,19,21). The summed E-state index contributed by atoms with van der Waals surface area (Å²) in [5, 5.41) is 13.8. The highest BCUT2D eigenvalue weighted by atomic mass is 16.6. The van der Waals surface area contributed by atoms with Crippen LogP contribution < -0.4 is 10.1 Å². The second kappa shape index (κ2) is 8.11. The summed E-state index contributed by atoms with van der Waals surface area (Å²) >= 11 is 0. The van der Waals surface area contributed by atoms with E-state index in [-0.39, 0.29) is 11.3 Å². The highest BCUT2D eigenvalue weighted by Gasteiger charge is 2.20. The lowest BCUT2D eigenvalue weighted by atomic mass is 10.1. The molecule has 0 heterocycles. The van der Waals surface area contributed by atoms with Gasteiger partial charge in [0.15, 0.2) is 12.4 Å². The minimum atomic E-state index is -0.702. The number of rotatable bonds is 6. The number of nitrogens with zero attached hydrogens (tertiary/aromatic N) is 1. The molecule has 1 amide bonds. The molecule has 8 nitrogen and oxygen atoms in total. The van der Waals surface area contributed by atoms with Crippen LogP contribution in [-0.2, 0) is 9.53 Å². The zero-order chi connectivity index (χ0) is 19.3. The van der Waals surface area contributed by atoms with Gasteiger partial charge in [0, 0.05) is 11.8 Å². The van der Waals surface area contributed by atoms with Crippen LogP contribution in [0.25, 0.3) is 0 Å². The first-order valence-electron chi connectivity index (χ1n) is 7.68. The van der Waals surface area contributed by atoms with Crippen LogP contribution >= 0.6 is 0 Å². The zero-order valence-corrected chi connectivity index (χ0v) is 14.6. The van der Waals surface area contributed by atoms with Crippen LogP contribution in [-0.4, -0.2) is 30.5 Å². The average molecular weight is 358 g/mol. The Hall–Kier alpha value is -3.42. The van der Waals surface area contributed by atoms with Gasteiger partial charge in [-0.15, -0.1) is 0 Å². The Kier molecular flexibility index (Phi) is 5.90. The van der Waals surface area contributed by atoms with Crippen molar-refractivity contribution in [3.8, 4) is 5.75 Å². The van der Waals surface area contributed by atoms with Gasteiger partial charge in [0.1, 0.15) is 0 Å². The largest absolute Gasteiger partial charge is 0.477 e. The normalized spacial score (nSPS) is 10.1. The number of amides is 1. The zero-order valence-electron chi connectivity index (χ0n) is 14.6. The average Bonchev–Trinajstić information content (AvgIpc) is 2.62. The second-order valence-electron chi connectivity index (χ2n) is 5.57. The van der Waals surface area contributed by atoms with E-state index in [1.54, 1.807) is 6.07 Å². The summed E-state index contributed by atoms with van der Waals surface area (Å²) < 4.78 is 9.78. The molecule has 2 aromatic carbocycles. The molecule has 1 N–H and O–H groups in total. The van der Waals surface area contributed by atoms with Crippen molar-refractivity contribution in [3.05, 3.63) is 63.2 Å². The Balaban J connectivity index is 2.08. The molecule has 0 bridgehead atoms. The fourth-order valence-electron chi connectivity index (χ4n) is 2.19. The maximum atomic E-state index is 12.0. The summed E-state index contributed by atoms with van der Waals surface area (Å²) in [6.45, 7) is 3.47. The van der Waals surface area contributed by atoms with Gasteiger partial charge in [-0.1, -0.05) is 6.07 Å².